The molecule has 0 bridgehead atoms. The van der Waals surface area contributed by atoms with E-state index in [0.29, 0.717) is 17.7 Å². The van der Waals surface area contributed by atoms with Gasteiger partial charge in [-0.15, -0.1) is 0 Å². The standard InChI is InChI=1S/C24H27FN2O3/c1-15-11-12-19(18(25)13-15)26-23(28)21-14-16-7-3-5-9-20(16)27(21)24(29)17-8-4-6-10-22(17)30-2/h4,6,8,10-13,16,20-21H,3,5,7,9,14H2,1-2H3,(H,26,28). The summed E-state index contributed by atoms with van der Waals surface area (Å²) in [5.41, 5.74) is 1.38. The largest absolute Gasteiger partial charge is 0.496 e. The third-order valence-corrected chi connectivity index (χ3v) is 6.35. The lowest BCUT2D eigenvalue weighted by atomic mass is 9.84. The summed E-state index contributed by atoms with van der Waals surface area (Å²) in [6.45, 7) is 1.80. The fraction of sp³-hybridized carbons (Fsp3) is 0.417. The summed E-state index contributed by atoms with van der Waals surface area (Å²) in [7, 11) is 1.53. The number of hydrogen-bond donors (Lipinski definition) is 1. The van der Waals surface area contributed by atoms with Crippen molar-refractivity contribution < 1.29 is 18.7 Å². The van der Waals surface area contributed by atoms with Crippen LogP contribution in [0.1, 0.15) is 48.0 Å². The summed E-state index contributed by atoms with van der Waals surface area (Å²) in [5, 5.41) is 2.71. The van der Waals surface area contributed by atoms with Crippen molar-refractivity contribution in [3.63, 3.8) is 0 Å². The SMILES string of the molecule is COc1ccccc1C(=O)N1C(C(=O)Nc2ccc(C)cc2F)CC2CCCCC21. The van der Waals surface area contributed by atoms with E-state index in [1.807, 2.05) is 6.07 Å². The monoisotopic (exact) mass is 410 g/mol. The average molecular weight is 410 g/mol. The zero-order valence-corrected chi connectivity index (χ0v) is 17.4. The topological polar surface area (TPSA) is 58.6 Å². The van der Waals surface area contributed by atoms with Crippen molar-refractivity contribution in [1.29, 1.82) is 0 Å². The van der Waals surface area contributed by atoms with Gasteiger partial charge in [0.1, 0.15) is 17.6 Å². The predicted octanol–water partition coefficient (Wildman–Crippen LogP) is 4.55. The van der Waals surface area contributed by atoms with Crippen LogP contribution in [0.25, 0.3) is 0 Å². The number of likely N-dealkylation sites (tertiary alicyclic amines) is 1. The average Bonchev–Trinajstić information content (AvgIpc) is 3.15. The van der Waals surface area contributed by atoms with Gasteiger partial charge in [-0.25, -0.2) is 4.39 Å². The molecule has 4 rings (SSSR count). The molecule has 2 aromatic carbocycles. The minimum atomic E-state index is -0.629. The van der Waals surface area contributed by atoms with E-state index in [-0.39, 0.29) is 29.5 Å². The first kappa shape index (κ1) is 20.4. The van der Waals surface area contributed by atoms with Crippen LogP contribution >= 0.6 is 0 Å². The molecule has 5 nitrogen and oxygen atoms in total. The fourth-order valence-corrected chi connectivity index (χ4v) is 4.88. The van der Waals surface area contributed by atoms with Gasteiger partial charge in [0.25, 0.3) is 5.91 Å². The summed E-state index contributed by atoms with van der Waals surface area (Å²) in [4.78, 5) is 28.5. The normalized spacial score (nSPS) is 23.0. The number of nitrogens with zero attached hydrogens (tertiary/aromatic N) is 1. The van der Waals surface area contributed by atoms with E-state index in [1.165, 1.54) is 13.2 Å². The highest BCUT2D eigenvalue weighted by atomic mass is 19.1. The Bertz CT molecular complexity index is 961. The quantitative estimate of drug-likeness (QED) is 0.804. The lowest BCUT2D eigenvalue weighted by Crippen LogP contribution is -2.48. The molecule has 1 N–H and O–H groups in total. The Morgan fingerprint density at radius 3 is 2.67 bits per heavy atom. The molecule has 2 amide bonds. The Kier molecular flexibility index (Phi) is 5.75. The number of nitrogens with one attached hydrogen (secondary N) is 1. The van der Waals surface area contributed by atoms with Crippen LogP contribution in [0.5, 0.6) is 5.75 Å². The van der Waals surface area contributed by atoms with E-state index in [9.17, 15) is 14.0 Å². The molecule has 2 aromatic rings. The Hall–Kier alpha value is -2.89. The number of anilines is 1. The molecule has 0 spiro atoms. The van der Waals surface area contributed by atoms with E-state index in [2.05, 4.69) is 5.32 Å². The molecule has 1 saturated carbocycles. The first-order chi connectivity index (χ1) is 14.5. The molecular weight excluding hydrogens is 383 g/mol. The fourth-order valence-electron chi connectivity index (χ4n) is 4.88. The molecule has 1 aliphatic carbocycles. The number of carbonyl (C=O) groups excluding carboxylic acids is 2. The van der Waals surface area contributed by atoms with Gasteiger partial charge >= 0.3 is 0 Å². The molecule has 0 radical (unpaired) electrons. The number of ether oxygens (including phenoxy) is 1. The maximum Gasteiger partial charge on any atom is 0.258 e. The number of halogens is 1. The van der Waals surface area contributed by atoms with Gasteiger partial charge < -0.3 is 15.0 Å². The lowest BCUT2D eigenvalue weighted by Gasteiger charge is -2.34. The molecule has 3 atom stereocenters. The highest BCUT2D eigenvalue weighted by Crippen LogP contribution is 2.41. The van der Waals surface area contributed by atoms with Crippen LogP contribution in [0.15, 0.2) is 42.5 Å². The lowest BCUT2D eigenvalue weighted by molar-refractivity contribution is -0.120. The molecule has 2 fully saturated rings. The number of aryl methyl sites for hydroxylation is 1. The molecule has 1 saturated heterocycles. The number of para-hydroxylation sites is 1. The van der Waals surface area contributed by atoms with Crippen LogP contribution in [0, 0.1) is 18.7 Å². The molecule has 3 unspecified atom stereocenters. The summed E-state index contributed by atoms with van der Waals surface area (Å²) in [6.07, 6.45) is 4.64. The third-order valence-electron chi connectivity index (χ3n) is 6.35. The second-order valence-electron chi connectivity index (χ2n) is 8.25. The minimum absolute atomic E-state index is 0.0229. The smallest absolute Gasteiger partial charge is 0.258 e. The van der Waals surface area contributed by atoms with Crippen LogP contribution in [0.2, 0.25) is 0 Å². The summed E-state index contributed by atoms with van der Waals surface area (Å²) in [5.74, 6) is -0.232. The summed E-state index contributed by atoms with van der Waals surface area (Å²) < 4.78 is 19.7. The van der Waals surface area contributed by atoms with Gasteiger partial charge in [0.05, 0.1) is 18.4 Å². The van der Waals surface area contributed by atoms with E-state index in [0.717, 1.165) is 31.2 Å². The molecule has 1 aliphatic heterocycles. The van der Waals surface area contributed by atoms with Crippen molar-refractivity contribution in [2.75, 3.05) is 12.4 Å². The second kappa shape index (κ2) is 8.46. The number of fused-ring (bicyclic) bond motifs is 1. The van der Waals surface area contributed by atoms with Gasteiger partial charge in [-0.1, -0.05) is 31.0 Å². The Morgan fingerprint density at radius 1 is 1.13 bits per heavy atom. The number of rotatable bonds is 4. The molecule has 6 heteroatoms. The number of benzene rings is 2. The maximum absolute atomic E-state index is 14.3. The number of methoxy groups -OCH3 is 1. The summed E-state index contributed by atoms with van der Waals surface area (Å²) in [6, 6.07) is 11.2. The highest BCUT2D eigenvalue weighted by molar-refractivity contribution is 6.03. The van der Waals surface area contributed by atoms with Gasteiger partial charge in [0.2, 0.25) is 5.91 Å². The zero-order valence-electron chi connectivity index (χ0n) is 17.4. The van der Waals surface area contributed by atoms with E-state index in [1.54, 1.807) is 42.2 Å². The Balaban J connectivity index is 1.64. The van der Waals surface area contributed by atoms with E-state index in [4.69, 9.17) is 4.74 Å². The molecule has 158 valence electrons. The van der Waals surface area contributed by atoms with Crippen LogP contribution in [0.3, 0.4) is 0 Å². The van der Waals surface area contributed by atoms with E-state index < -0.39 is 11.9 Å². The first-order valence-electron chi connectivity index (χ1n) is 10.5. The number of amides is 2. The number of hydrogen-bond acceptors (Lipinski definition) is 3. The van der Waals surface area contributed by atoms with Gasteiger partial charge in [0.15, 0.2) is 0 Å². The van der Waals surface area contributed by atoms with Crippen molar-refractivity contribution in [3.05, 3.63) is 59.4 Å². The van der Waals surface area contributed by atoms with Gasteiger partial charge in [-0.05, 0) is 61.9 Å². The van der Waals surface area contributed by atoms with Crippen molar-refractivity contribution >= 4 is 17.5 Å². The summed E-state index contributed by atoms with van der Waals surface area (Å²) >= 11 is 0. The molecule has 1 heterocycles. The first-order valence-corrected chi connectivity index (χ1v) is 10.5. The van der Waals surface area contributed by atoms with Crippen molar-refractivity contribution in [2.24, 2.45) is 5.92 Å². The number of carbonyl (C=O) groups is 2. The molecule has 30 heavy (non-hydrogen) atoms. The van der Waals surface area contributed by atoms with Crippen molar-refractivity contribution in [2.45, 2.75) is 51.1 Å². The van der Waals surface area contributed by atoms with Crippen molar-refractivity contribution in [1.82, 2.24) is 4.90 Å². The molecular formula is C24H27FN2O3. The maximum atomic E-state index is 14.3. The van der Waals surface area contributed by atoms with Crippen LogP contribution in [-0.2, 0) is 4.79 Å². The Morgan fingerprint density at radius 2 is 1.90 bits per heavy atom. The van der Waals surface area contributed by atoms with Gasteiger partial charge in [-0.2, -0.15) is 0 Å². The minimum Gasteiger partial charge on any atom is -0.496 e. The third kappa shape index (κ3) is 3.78. The van der Waals surface area contributed by atoms with Gasteiger partial charge in [0, 0.05) is 6.04 Å². The van der Waals surface area contributed by atoms with Crippen LogP contribution in [0.4, 0.5) is 10.1 Å². The highest BCUT2D eigenvalue weighted by Gasteiger charge is 2.48. The van der Waals surface area contributed by atoms with Crippen molar-refractivity contribution in [3.8, 4) is 5.75 Å². The predicted molar refractivity (Wildman–Crippen MR) is 113 cm³/mol. The molecule has 2 aliphatic rings. The molecule has 0 aromatic heterocycles. The zero-order chi connectivity index (χ0) is 21.3. The van der Waals surface area contributed by atoms with Gasteiger partial charge in [-0.3, -0.25) is 9.59 Å². The Labute approximate surface area is 176 Å². The van der Waals surface area contributed by atoms with Crippen LogP contribution < -0.4 is 10.1 Å². The van der Waals surface area contributed by atoms with E-state index >= 15 is 0 Å². The second-order valence-corrected chi connectivity index (χ2v) is 8.25. The van der Waals surface area contributed by atoms with Crippen LogP contribution in [-0.4, -0.2) is 35.9 Å².